The molecule has 0 bridgehead atoms. The van der Waals surface area contributed by atoms with Crippen molar-refractivity contribution >= 4 is 11.8 Å². The van der Waals surface area contributed by atoms with E-state index in [2.05, 4.69) is 10.6 Å². The van der Waals surface area contributed by atoms with Gasteiger partial charge in [-0.15, -0.1) is 0 Å². The molecule has 1 fully saturated rings. The van der Waals surface area contributed by atoms with Crippen LogP contribution in [0.25, 0.3) is 0 Å². The van der Waals surface area contributed by atoms with Crippen molar-refractivity contribution < 1.29 is 0 Å². The van der Waals surface area contributed by atoms with Crippen LogP contribution in [-0.4, -0.2) is 24.6 Å². The SMILES string of the molecule is [CH]1[CH]NCCSCCN1. The first-order valence-corrected chi connectivity index (χ1v) is 4.35. The molecular weight excluding hydrogens is 132 g/mol. The van der Waals surface area contributed by atoms with Crippen LogP contribution in [0.5, 0.6) is 0 Å². The molecule has 3 heteroatoms. The van der Waals surface area contributed by atoms with Crippen molar-refractivity contribution in [1.82, 2.24) is 10.6 Å². The molecule has 0 aromatic carbocycles. The van der Waals surface area contributed by atoms with E-state index in [4.69, 9.17) is 0 Å². The zero-order valence-electron chi connectivity index (χ0n) is 5.39. The largest absolute Gasteiger partial charge is 0.310 e. The van der Waals surface area contributed by atoms with Gasteiger partial charge in [0.2, 0.25) is 0 Å². The fourth-order valence-electron chi connectivity index (χ4n) is 0.649. The van der Waals surface area contributed by atoms with Gasteiger partial charge in [-0.2, -0.15) is 11.8 Å². The summed E-state index contributed by atoms with van der Waals surface area (Å²) in [5.41, 5.74) is 0. The lowest BCUT2D eigenvalue weighted by Crippen LogP contribution is -2.18. The smallest absolute Gasteiger partial charge is 0.0407 e. The van der Waals surface area contributed by atoms with Crippen LogP contribution < -0.4 is 10.6 Å². The van der Waals surface area contributed by atoms with Gasteiger partial charge in [0.25, 0.3) is 0 Å². The predicted molar refractivity (Wildman–Crippen MR) is 41.9 cm³/mol. The summed E-state index contributed by atoms with van der Waals surface area (Å²) in [6, 6.07) is 0. The lowest BCUT2D eigenvalue weighted by molar-refractivity contribution is 0.794. The lowest BCUT2D eigenvalue weighted by atomic mass is 10.6. The molecule has 9 heavy (non-hydrogen) atoms. The van der Waals surface area contributed by atoms with Gasteiger partial charge in [-0.05, 0) is 0 Å². The minimum Gasteiger partial charge on any atom is -0.310 e. The summed E-state index contributed by atoms with van der Waals surface area (Å²) < 4.78 is 0. The highest BCUT2D eigenvalue weighted by molar-refractivity contribution is 7.99. The summed E-state index contributed by atoms with van der Waals surface area (Å²) in [6.45, 7) is 6.10. The molecule has 0 unspecified atom stereocenters. The standard InChI is InChI=1S/C6H12N2S/c1-2-8-4-6-9-5-3-7-1/h1-2,7-8H,3-6H2. The third-order valence-corrected chi connectivity index (χ3v) is 2.09. The summed E-state index contributed by atoms with van der Waals surface area (Å²) in [4.78, 5) is 0. The van der Waals surface area contributed by atoms with Gasteiger partial charge in [-0.1, -0.05) is 0 Å². The quantitative estimate of drug-likeness (QED) is 0.509. The molecule has 1 heterocycles. The number of thioether (sulfide) groups is 1. The van der Waals surface area contributed by atoms with Gasteiger partial charge in [0.1, 0.15) is 0 Å². The van der Waals surface area contributed by atoms with E-state index in [-0.39, 0.29) is 0 Å². The van der Waals surface area contributed by atoms with Crippen LogP contribution in [0.15, 0.2) is 0 Å². The molecule has 2 radical (unpaired) electrons. The average molecular weight is 144 g/mol. The molecule has 2 N–H and O–H groups in total. The number of hydrogen-bond donors (Lipinski definition) is 2. The minimum absolute atomic E-state index is 1.09. The van der Waals surface area contributed by atoms with Crippen molar-refractivity contribution in [3.8, 4) is 0 Å². The number of hydrogen-bond acceptors (Lipinski definition) is 3. The maximum Gasteiger partial charge on any atom is 0.0407 e. The van der Waals surface area contributed by atoms with E-state index in [1.165, 1.54) is 11.5 Å². The molecule has 0 spiro atoms. The van der Waals surface area contributed by atoms with Crippen LogP contribution in [0.3, 0.4) is 0 Å². The summed E-state index contributed by atoms with van der Waals surface area (Å²) in [5.74, 6) is 2.43. The van der Waals surface area contributed by atoms with Crippen LogP contribution in [0.4, 0.5) is 0 Å². The molecule has 2 nitrogen and oxygen atoms in total. The van der Waals surface area contributed by atoms with E-state index < -0.39 is 0 Å². The zero-order valence-corrected chi connectivity index (χ0v) is 6.21. The van der Waals surface area contributed by atoms with Crippen LogP contribution in [0.1, 0.15) is 0 Å². The van der Waals surface area contributed by atoms with Gasteiger partial charge in [-0.25, -0.2) is 0 Å². The van der Waals surface area contributed by atoms with Gasteiger partial charge in [0.05, 0.1) is 0 Å². The molecule has 1 aliphatic heterocycles. The Bertz CT molecular complexity index is 39.5. The Morgan fingerprint density at radius 1 is 1.00 bits per heavy atom. The Labute approximate surface area is 60.8 Å². The topological polar surface area (TPSA) is 24.1 Å². The van der Waals surface area contributed by atoms with E-state index in [1.807, 2.05) is 24.9 Å². The molecule has 1 rings (SSSR count). The highest BCUT2D eigenvalue weighted by Crippen LogP contribution is 1.97. The number of nitrogens with one attached hydrogen (secondary N) is 2. The maximum absolute atomic E-state index is 3.16. The third-order valence-electron chi connectivity index (χ3n) is 1.10. The van der Waals surface area contributed by atoms with Crippen molar-refractivity contribution in [2.45, 2.75) is 0 Å². The van der Waals surface area contributed by atoms with Gasteiger partial charge < -0.3 is 10.6 Å². The van der Waals surface area contributed by atoms with Crippen molar-refractivity contribution in [3.05, 3.63) is 13.1 Å². The molecule has 1 saturated heterocycles. The van der Waals surface area contributed by atoms with E-state index in [0.717, 1.165) is 13.1 Å². The fourth-order valence-corrected chi connectivity index (χ4v) is 1.38. The Hall–Kier alpha value is 0.270. The monoisotopic (exact) mass is 144 g/mol. The summed E-state index contributed by atoms with van der Waals surface area (Å²) >= 11 is 1.98. The van der Waals surface area contributed by atoms with E-state index in [0.29, 0.717) is 0 Å². The molecule has 0 aliphatic carbocycles. The third kappa shape index (κ3) is 3.78. The van der Waals surface area contributed by atoms with E-state index in [1.54, 1.807) is 0 Å². The van der Waals surface area contributed by atoms with Crippen molar-refractivity contribution in [3.63, 3.8) is 0 Å². The van der Waals surface area contributed by atoms with Gasteiger partial charge in [0.15, 0.2) is 0 Å². The van der Waals surface area contributed by atoms with Gasteiger partial charge in [0, 0.05) is 37.7 Å². The Balaban J connectivity index is 2.02. The molecule has 0 aromatic heterocycles. The Kier molecular flexibility index (Phi) is 4.17. The van der Waals surface area contributed by atoms with Crippen molar-refractivity contribution in [1.29, 1.82) is 0 Å². The molecule has 0 amide bonds. The van der Waals surface area contributed by atoms with Crippen LogP contribution in [0, 0.1) is 13.1 Å². The van der Waals surface area contributed by atoms with Crippen molar-refractivity contribution in [2.24, 2.45) is 0 Å². The highest BCUT2D eigenvalue weighted by atomic mass is 32.2. The first-order chi connectivity index (χ1) is 4.50. The van der Waals surface area contributed by atoms with Crippen LogP contribution in [0.2, 0.25) is 0 Å². The summed E-state index contributed by atoms with van der Waals surface area (Å²) in [5, 5.41) is 6.33. The summed E-state index contributed by atoms with van der Waals surface area (Å²) in [7, 11) is 0. The van der Waals surface area contributed by atoms with Gasteiger partial charge in [-0.3, -0.25) is 0 Å². The summed E-state index contributed by atoms with van der Waals surface area (Å²) in [6.07, 6.45) is 0. The molecule has 0 aromatic rings. The van der Waals surface area contributed by atoms with Gasteiger partial charge >= 0.3 is 0 Å². The van der Waals surface area contributed by atoms with Crippen LogP contribution in [-0.2, 0) is 0 Å². The fraction of sp³-hybridized carbons (Fsp3) is 0.667. The first kappa shape index (κ1) is 7.38. The first-order valence-electron chi connectivity index (χ1n) is 3.20. The Morgan fingerprint density at radius 3 is 2.11 bits per heavy atom. The second-order valence-corrected chi connectivity index (χ2v) is 3.08. The zero-order chi connectivity index (χ0) is 6.36. The molecule has 0 saturated carbocycles. The lowest BCUT2D eigenvalue weighted by Gasteiger charge is -1.97. The second-order valence-electron chi connectivity index (χ2n) is 1.85. The van der Waals surface area contributed by atoms with Crippen LogP contribution >= 0.6 is 11.8 Å². The molecule has 0 atom stereocenters. The minimum atomic E-state index is 1.09. The Morgan fingerprint density at radius 2 is 1.56 bits per heavy atom. The average Bonchev–Trinajstić information content (AvgIpc) is 2.00. The molecule has 52 valence electrons. The number of rotatable bonds is 0. The molecule has 1 aliphatic rings. The van der Waals surface area contributed by atoms with Crippen molar-refractivity contribution in [2.75, 3.05) is 24.6 Å². The normalized spacial score (nSPS) is 24.0. The van der Waals surface area contributed by atoms with E-state index in [9.17, 15) is 0 Å². The highest BCUT2D eigenvalue weighted by Gasteiger charge is 1.94. The molecular formula is C6H12N2S. The second kappa shape index (κ2) is 5.09. The maximum atomic E-state index is 3.16. The predicted octanol–water partition coefficient (Wildman–Crippen LogP) is 0.236. The van der Waals surface area contributed by atoms with E-state index >= 15 is 0 Å².